The molecular weight excluding hydrogens is 242 g/mol. The van der Waals surface area contributed by atoms with Gasteiger partial charge in [0.25, 0.3) is 0 Å². The zero-order valence-electron chi connectivity index (χ0n) is 11.5. The van der Waals surface area contributed by atoms with Gasteiger partial charge in [0, 0.05) is 25.9 Å². The summed E-state index contributed by atoms with van der Waals surface area (Å²) in [6.45, 7) is 2.68. The van der Waals surface area contributed by atoms with E-state index in [2.05, 4.69) is 15.4 Å². The number of nitrogen functional groups attached to an aromatic ring is 1. The quantitative estimate of drug-likeness (QED) is 0.854. The number of methoxy groups -OCH3 is 1. The molecule has 0 radical (unpaired) electrons. The number of nitrogens with zero attached hydrogens (tertiary/aromatic N) is 3. The van der Waals surface area contributed by atoms with Gasteiger partial charge < -0.3 is 15.8 Å². The van der Waals surface area contributed by atoms with Crippen molar-refractivity contribution in [1.29, 1.82) is 0 Å². The summed E-state index contributed by atoms with van der Waals surface area (Å²) in [5.74, 6) is 1.44. The number of hydrogen-bond acceptors (Lipinski definition) is 5. The highest BCUT2D eigenvalue weighted by molar-refractivity contribution is 5.65. The van der Waals surface area contributed by atoms with Crippen molar-refractivity contribution in [1.82, 2.24) is 14.8 Å². The van der Waals surface area contributed by atoms with E-state index in [0.29, 0.717) is 18.1 Å². The maximum atomic E-state index is 6.05. The Bertz CT molecular complexity index is 564. The van der Waals surface area contributed by atoms with Crippen molar-refractivity contribution in [3.8, 4) is 5.88 Å². The van der Waals surface area contributed by atoms with E-state index in [9.17, 15) is 0 Å². The largest absolute Gasteiger partial charge is 0.481 e. The first-order valence-corrected chi connectivity index (χ1v) is 6.19. The number of anilines is 2. The molecular formula is C13H19N5O. The van der Waals surface area contributed by atoms with Gasteiger partial charge in [0.1, 0.15) is 5.82 Å². The molecule has 0 aromatic carbocycles. The number of ether oxygens (including phenoxy) is 1. The molecule has 0 atom stereocenters. The molecule has 2 aromatic heterocycles. The first-order valence-electron chi connectivity index (χ1n) is 6.19. The van der Waals surface area contributed by atoms with Gasteiger partial charge in [-0.1, -0.05) is 6.92 Å². The fourth-order valence-corrected chi connectivity index (χ4v) is 1.92. The Morgan fingerprint density at radius 1 is 1.47 bits per heavy atom. The van der Waals surface area contributed by atoms with Crippen LogP contribution in [0, 0.1) is 0 Å². The van der Waals surface area contributed by atoms with Crippen LogP contribution in [0.2, 0.25) is 0 Å². The van der Waals surface area contributed by atoms with Gasteiger partial charge in [0.05, 0.1) is 18.5 Å². The highest BCUT2D eigenvalue weighted by Gasteiger charge is 2.11. The van der Waals surface area contributed by atoms with E-state index >= 15 is 0 Å². The van der Waals surface area contributed by atoms with Gasteiger partial charge in [-0.15, -0.1) is 0 Å². The van der Waals surface area contributed by atoms with Crippen LogP contribution in [0.25, 0.3) is 0 Å². The molecule has 6 heteroatoms. The highest BCUT2D eigenvalue weighted by atomic mass is 16.5. The monoisotopic (exact) mass is 261 g/mol. The predicted octanol–water partition coefficient (Wildman–Crippen LogP) is 1.58. The van der Waals surface area contributed by atoms with Gasteiger partial charge in [0.2, 0.25) is 5.88 Å². The summed E-state index contributed by atoms with van der Waals surface area (Å²) in [5, 5.41) is 7.66. The SMILES string of the molecule is CCc1nn(C)c(NCc2ccnc(OC)c2)c1N. The van der Waals surface area contributed by atoms with E-state index in [-0.39, 0.29) is 0 Å². The molecule has 2 heterocycles. The summed E-state index contributed by atoms with van der Waals surface area (Å²) in [7, 11) is 3.48. The summed E-state index contributed by atoms with van der Waals surface area (Å²) in [4.78, 5) is 4.07. The number of hydrogen-bond donors (Lipinski definition) is 2. The molecule has 0 unspecified atom stereocenters. The van der Waals surface area contributed by atoms with E-state index in [4.69, 9.17) is 10.5 Å². The predicted molar refractivity (Wildman–Crippen MR) is 75.1 cm³/mol. The van der Waals surface area contributed by atoms with Crippen molar-refractivity contribution in [2.45, 2.75) is 19.9 Å². The van der Waals surface area contributed by atoms with Crippen molar-refractivity contribution in [3.63, 3.8) is 0 Å². The second kappa shape index (κ2) is 5.60. The summed E-state index contributed by atoms with van der Waals surface area (Å²) in [6.07, 6.45) is 2.55. The minimum Gasteiger partial charge on any atom is -0.481 e. The van der Waals surface area contributed by atoms with Crippen molar-refractivity contribution < 1.29 is 4.74 Å². The lowest BCUT2D eigenvalue weighted by Gasteiger charge is -2.08. The smallest absolute Gasteiger partial charge is 0.213 e. The number of pyridine rings is 1. The standard InChI is InChI=1S/C13H19N5O/c1-4-10-12(14)13(18(2)17-10)16-8-9-5-6-15-11(7-9)19-3/h5-7,16H,4,8,14H2,1-3H3. The van der Waals surface area contributed by atoms with Gasteiger partial charge in [-0.3, -0.25) is 4.68 Å². The van der Waals surface area contributed by atoms with Crippen LogP contribution in [0.15, 0.2) is 18.3 Å². The summed E-state index contributed by atoms with van der Waals surface area (Å²) in [6, 6.07) is 3.82. The minimum atomic E-state index is 0.603. The van der Waals surface area contributed by atoms with Crippen LogP contribution >= 0.6 is 0 Å². The van der Waals surface area contributed by atoms with Gasteiger partial charge in [-0.2, -0.15) is 5.10 Å². The molecule has 0 aliphatic carbocycles. The van der Waals surface area contributed by atoms with Crippen molar-refractivity contribution >= 4 is 11.5 Å². The Labute approximate surface area is 112 Å². The minimum absolute atomic E-state index is 0.603. The Morgan fingerprint density at radius 2 is 2.26 bits per heavy atom. The fourth-order valence-electron chi connectivity index (χ4n) is 1.92. The van der Waals surface area contributed by atoms with Crippen LogP contribution in [0.1, 0.15) is 18.2 Å². The Kier molecular flexibility index (Phi) is 3.89. The molecule has 0 saturated heterocycles. The molecule has 6 nitrogen and oxygen atoms in total. The first-order chi connectivity index (χ1) is 9.15. The van der Waals surface area contributed by atoms with Crippen LogP contribution in [0.4, 0.5) is 11.5 Å². The number of nitrogens with one attached hydrogen (secondary N) is 1. The number of rotatable bonds is 5. The molecule has 2 rings (SSSR count). The summed E-state index contributed by atoms with van der Waals surface area (Å²) in [5.41, 5.74) is 8.75. The second-order valence-corrected chi connectivity index (χ2v) is 4.25. The summed E-state index contributed by atoms with van der Waals surface area (Å²) >= 11 is 0. The molecule has 0 bridgehead atoms. The number of aryl methyl sites for hydroxylation is 2. The van der Waals surface area contributed by atoms with Gasteiger partial charge >= 0.3 is 0 Å². The lowest BCUT2D eigenvalue weighted by Crippen LogP contribution is -2.06. The maximum absolute atomic E-state index is 6.05. The lowest BCUT2D eigenvalue weighted by molar-refractivity contribution is 0.397. The molecule has 3 N–H and O–H groups in total. The lowest BCUT2D eigenvalue weighted by atomic mass is 10.2. The molecule has 0 aliphatic heterocycles. The second-order valence-electron chi connectivity index (χ2n) is 4.25. The molecule has 19 heavy (non-hydrogen) atoms. The van der Waals surface area contributed by atoms with Crippen molar-refractivity contribution in [2.24, 2.45) is 7.05 Å². The zero-order chi connectivity index (χ0) is 13.8. The van der Waals surface area contributed by atoms with Crippen LogP contribution < -0.4 is 15.8 Å². The van der Waals surface area contributed by atoms with E-state index < -0.39 is 0 Å². The van der Waals surface area contributed by atoms with Crippen molar-refractivity contribution in [2.75, 3.05) is 18.2 Å². The number of nitrogens with two attached hydrogens (primary N) is 1. The van der Waals surface area contributed by atoms with Crippen LogP contribution in [0.3, 0.4) is 0 Å². The van der Waals surface area contributed by atoms with Gasteiger partial charge in [-0.05, 0) is 18.1 Å². The van der Waals surface area contributed by atoms with E-state index in [1.807, 2.05) is 26.1 Å². The molecule has 0 amide bonds. The van der Waals surface area contributed by atoms with Gasteiger partial charge in [0.15, 0.2) is 0 Å². The molecule has 0 fully saturated rings. The Balaban J connectivity index is 2.12. The Morgan fingerprint density at radius 3 is 2.89 bits per heavy atom. The third-order valence-corrected chi connectivity index (χ3v) is 2.96. The van der Waals surface area contributed by atoms with E-state index in [1.54, 1.807) is 18.0 Å². The molecule has 2 aromatic rings. The third-order valence-electron chi connectivity index (χ3n) is 2.96. The van der Waals surface area contributed by atoms with E-state index in [1.165, 1.54) is 0 Å². The molecule has 0 spiro atoms. The summed E-state index contributed by atoms with van der Waals surface area (Å²) < 4.78 is 6.87. The van der Waals surface area contributed by atoms with Crippen LogP contribution in [0.5, 0.6) is 5.88 Å². The molecule has 0 saturated carbocycles. The first kappa shape index (κ1) is 13.2. The normalized spacial score (nSPS) is 10.5. The van der Waals surface area contributed by atoms with Crippen molar-refractivity contribution in [3.05, 3.63) is 29.6 Å². The Hall–Kier alpha value is -2.24. The van der Waals surface area contributed by atoms with Crippen LogP contribution in [-0.2, 0) is 20.0 Å². The molecule has 102 valence electrons. The van der Waals surface area contributed by atoms with Gasteiger partial charge in [-0.25, -0.2) is 4.98 Å². The average Bonchev–Trinajstić information content (AvgIpc) is 2.71. The third kappa shape index (κ3) is 2.78. The maximum Gasteiger partial charge on any atom is 0.213 e. The van der Waals surface area contributed by atoms with Crippen LogP contribution in [-0.4, -0.2) is 21.9 Å². The van der Waals surface area contributed by atoms with E-state index in [0.717, 1.165) is 23.5 Å². The number of aromatic nitrogens is 3. The topological polar surface area (TPSA) is 78.0 Å². The zero-order valence-corrected chi connectivity index (χ0v) is 11.5. The fraction of sp³-hybridized carbons (Fsp3) is 0.385. The molecule has 0 aliphatic rings. The average molecular weight is 261 g/mol. The highest BCUT2D eigenvalue weighted by Crippen LogP contribution is 2.23.